The number of carbonyl (C=O) groups is 2. The topological polar surface area (TPSA) is 96.9 Å². The molecule has 1 amide bonds. The van der Waals surface area contributed by atoms with Gasteiger partial charge in [0.1, 0.15) is 11.5 Å². The molecule has 0 aromatic heterocycles. The molecular weight excluding hydrogens is 503 g/mol. The number of benzene rings is 3. The molecule has 34 heavy (non-hydrogen) atoms. The first-order valence-corrected chi connectivity index (χ1v) is 11.3. The van der Waals surface area contributed by atoms with Crippen molar-refractivity contribution in [1.29, 1.82) is 0 Å². The molecule has 0 unspecified atom stereocenters. The van der Waals surface area contributed by atoms with Crippen molar-refractivity contribution in [3.63, 3.8) is 0 Å². The van der Waals surface area contributed by atoms with Crippen molar-refractivity contribution in [2.24, 2.45) is 0 Å². The summed E-state index contributed by atoms with van der Waals surface area (Å²) in [7, 11) is 0. The number of amides is 1. The second-order valence-corrected chi connectivity index (χ2v) is 8.32. The van der Waals surface area contributed by atoms with Gasteiger partial charge in [-0.25, -0.2) is 4.79 Å². The van der Waals surface area contributed by atoms with E-state index < -0.39 is 11.9 Å². The molecule has 3 aromatic rings. The van der Waals surface area contributed by atoms with Gasteiger partial charge < -0.3 is 25.2 Å². The fraction of sp³-hybridized carbons (Fsp3) is 0.167. The van der Waals surface area contributed by atoms with Gasteiger partial charge in [-0.1, -0.05) is 46.9 Å². The molecule has 0 fully saturated rings. The molecule has 3 N–H and O–H groups in total. The first kappa shape index (κ1) is 25.6. The third-order valence-electron chi connectivity index (χ3n) is 4.55. The molecule has 7 nitrogen and oxygen atoms in total. The molecule has 0 saturated carbocycles. The first-order valence-electron chi connectivity index (χ1n) is 10.2. The van der Waals surface area contributed by atoms with Crippen LogP contribution in [0.5, 0.6) is 17.2 Å². The van der Waals surface area contributed by atoms with Gasteiger partial charge in [0.15, 0.2) is 5.75 Å². The Balaban J connectivity index is 1.68. The molecule has 3 rings (SSSR count). The van der Waals surface area contributed by atoms with Gasteiger partial charge in [-0.3, -0.25) is 4.79 Å². The number of carbonyl (C=O) groups excluding carboxylic acids is 2. The Labute approximate surface area is 211 Å². The summed E-state index contributed by atoms with van der Waals surface area (Å²) >= 11 is 18.5. The van der Waals surface area contributed by atoms with Gasteiger partial charge in [0.25, 0.3) is 0 Å². The van der Waals surface area contributed by atoms with Crippen molar-refractivity contribution < 1.29 is 24.2 Å². The highest BCUT2D eigenvalue weighted by atomic mass is 35.5. The minimum Gasteiger partial charge on any atom is -0.508 e. The molecular formula is C24H21Cl3N2O5. The van der Waals surface area contributed by atoms with E-state index in [0.29, 0.717) is 29.4 Å². The minimum atomic E-state index is -1.02. The van der Waals surface area contributed by atoms with Gasteiger partial charge >= 0.3 is 11.9 Å². The van der Waals surface area contributed by atoms with Crippen LogP contribution in [0.4, 0.5) is 5.69 Å². The van der Waals surface area contributed by atoms with Gasteiger partial charge in [0, 0.05) is 29.4 Å². The van der Waals surface area contributed by atoms with Crippen molar-refractivity contribution >= 4 is 52.4 Å². The number of esters is 1. The average Bonchev–Trinajstić information content (AvgIpc) is 2.79. The van der Waals surface area contributed by atoms with Crippen LogP contribution in [0.15, 0.2) is 54.6 Å². The largest absolute Gasteiger partial charge is 0.508 e. The van der Waals surface area contributed by atoms with Crippen LogP contribution in [0.3, 0.4) is 0 Å². The predicted molar refractivity (Wildman–Crippen MR) is 132 cm³/mol. The molecule has 0 atom stereocenters. The highest BCUT2D eigenvalue weighted by Gasteiger charge is 2.18. The predicted octanol–water partition coefficient (Wildman–Crippen LogP) is 5.94. The van der Waals surface area contributed by atoms with Crippen LogP contribution in [-0.2, 0) is 27.4 Å². The fourth-order valence-electron chi connectivity index (χ4n) is 2.94. The summed E-state index contributed by atoms with van der Waals surface area (Å²) in [6.45, 7) is 2.63. The number of phenols is 1. The third-order valence-corrected chi connectivity index (χ3v) is 5.36. The van der Waals surface area contributed by atoms with Crippen molar-refractivity contribution in [3.8, 4) is 17.2 Å². The highest BCUT2D eigenvalue weighted by Crippen LogP contribution is 2.39. The zero-order valence-corrected chi connectivity index (χ0v) is 20.3. The number of aromatic hydroxyl groups is 1. The van der Waals surface area contributed by atoms with Crippen LogP contribution in [0.2, 0.25) is 15.1 Å². The van der Waals surface area contributed by atoms with Gasteiger partial charge in [-0.05, 0) is 55.0 Å². The normalized spacial score (nSPS) is 10.6. The van der Waals surface area contributed by atoms with Gasteiger partial charge in [-0.15, -0.1) is 0 Å². The zero-order valence-electron chi connectivity index (χ0n) is 18.0. The maximum atomic E-state index is 11.8. The second-order valence-electron chi connectivity index (χ2n) is 7.07. The Morgan fingerprint density at radius 1 is 0.941 bits per heavy atom. The van der Waals surface area contributed by atoms with Crippen LogP contribution < -0.4 is 15.4 Å². The first-order chi connectivity index (χ1) is 16.3. The number of rotatable bonds is 8. The van der Waals surface area contributed by atoms with Crippen molar-refractivity contribution in [1.82, 2.24) is 5.32 Å². The molecule has 0 bridgehead atoms. The van der Waals surface area contributed by atoms with E-state index in [0.717, 1.165) is 5.56 Å². The van der Waals surface area contributed by atoms with Crippen molar-refractivity contribution in [3.05, 3.63) is 80.8 Å². The lowest BCUT2D eigenvalue weighted by molar-refractivity contribution is -0.152. The Hall–Kier alpha value is -2.97. The van der Waals surface area contributed by atoms with E-state index in [1.54, 1.807) is 19.1 Å². The van der Waals surface area contributed by atoms with Gasteiger partial charge in [0.05, 0.1) is 16.7 Å². The quantitative estimate of drug-likeness (QED) is 0.250. The Morgan fingerprint density at radius 2 is 1.62 bits per heavy atom. The van der Waals surface area contributed by atoms with E-state index in [-0.39, 0.29) is 33.8 Å². The number of ether oxygens (including phenoxy) is 2. The molecule has 0 saturated heterocycles. The molecule has 3 aromatic carbocycles. The van der Waals surface area contributed by atoms with E-state index in [9.17, 15) is 14.7 Å². The average molecular weight is 524 g/mol. The minimum absolute atomic E-state index is 0.0752. The van der Waals surface area contributed by atoms with Crippen LogP contribution in [0, 0.1) is 0 Å². The molecule has 0 radical (unpaired) electrons. The van der Waals surface area contributed by atoms with Crippen molar-refractivity contribution in [2.75, 3.05) is 11.9 Å². The lowest BCUT2D eigenvalue weighted by Gasteiger charge is -2.14. The Morgan fingerprint density at radius 3 is 2.26 bits per heavy atom. The molecule has 0 spiro atoms. The van der Waals surface area contributed by atoms with Crippen molar-refractivity contribution in [2.45, 2.75) is 20.0 Å². The van der Waals surface area contributed by atoms with E-state index in [2.05, 4.69) is 15.4 Å². The monoisotopic (exact) mass is 522 g/mol. The van der Waals surface area contributed by atoms with E-state index >= 15 is 0 Å². The van der Waals surface area contributed by atoms with Crippen LogP contribution in [0.1, 0.15) is 18.1 Å². The molecule has 0 aliphatic heterocycles. The molecule has 0 aliphatic rings. The van der Waals surface area contributed by atoms with Gasteiger partial charge in [0.2, 0.25) is 0 Å². The fourth-order valence-corrected chi connectivity index (χ4v) is 3.63. The van der Waals surface area contributed by atoms with Gasteiger partial charge in [-0.2, -0.15) is 0 Å². The number of nitrogens with one attached hydrogen (secondary N) is 2. The Bertz CT molecular complexity index is 1160. The van der Waals surface area contributed by atoms with Crippen LogP contribution in [-0.4, -0.2) is 23.6 Å². The highest BCUT2D eigenvalue weighted by molar-refractivity contribution is 6.39. The number of hydrogen-bond donors (Lipinski definition) is 3. The summed E-state index contributed by atoms with van der Waals surface area (Å²) in [5.41, 5.74) is 1.86. The summed E-state index contributed by atoms with van der Waals surface area (Å²) in [6.07, 6.45) is 0. The number of halogens is 3. The summed E-state index contributed by atoms with van der Waals surface area (Å²) in [4.78, 5) is 23.3. The molecule has 0 heterocycles. The van der Waals surface area contributed by atoms with Crippen LogP contribution >= 0.6 is 34.8 Å². The third kappa shape index (κ3) is 7.01. The van der Waals surface area contributed by atoms with Crippen LogP contribution in [0.25, 0.3) is 0 Å². The molecule has 0 aliphatic carbocycles. The molecule has 10 heteroatoms. The summed E-state index contributed by atoms with van der Waals surface area (Å²) in [6, 6.07) is 15.0. The summed E-state index contributed by atoms with van der Waals surface area (Å²) < 4.78 is 10.5. The summed E-state index contributed by atoms with van der Waals surface area (Å²) in [5, 5.41) is 16.7. The second kappa shape index (κ2) is 11.9. The maximum Gasteiger partial charge on any atom is 0.397 e. The van der Waals surface area contributed by atoms with E-state index in [4.69, 9.17) is 39.5 Å². The zero-order chi connectivity index (χ0) is 24.7. The van der Waals surface area contributed by atoms with E-state index in [1.807, 2.05) is 24.3 Å². The number of anilines is 1. The summed E-state index contributed by atoms with van der Waals surface area (Å²) in [5.74, 6) is -1.31. The SMILES string of the molecule is CCOC(=O)C(=O)Nc1cc(Cl)c(Oc2ccc(O)c(CNCc3ccc(Cl)cc3)c2)c(Cl)c1. The number of hydrogen-bond acceptors (Lipinski definition) is 6. The standard InChI is InChI=1S/C24H21Cl3N2O5/c1-2-33-24(32)23(31)29-17-10-19(26)22(20(27)11-17)34-18-7-8-21(30)15(9-18)13-28-12-14-3-5-16(25)6-4-14/h3-11,28,30H,2,12-13H2,1H3,(H,29,31). The van der Waals surface area contributed by atoms with E-state index in [1.165, 1.54) is 18.2 Å². The lowest BCUT2D eigenvalue weighted by atomic mass is 10.1. The Kier molecular flexibility index (Phi) is 9.01. The lowest BCUT2D eigenvalue weighted by Crippen LogP contribution is -2.24. The number of phenolic OH excluding ortho intramolecular Hbond substituents is 1. The maximum absolute atomic E-state index is 11.8. The smallest absolute Gasteiger partial charge is 0.397 e. The molecule has 178 valence electrons.